The Balaban J connectivity index is 1.45. The highest BCUT2D eigenvalue weighted by Crippen LogP contribution is 2.25. The highest BCUT2D eigenvalue weighted by molar-refractivity contribution is 5.80. The number of hydrogen-bond acceptors (Lipinski definition) is 5. The maximum Gasteiger partial charge on any atom is 0.246 e. The number of amides is 1. The smallest absolute Gasteiger partial charge is 0.246 e. The number of aromatic nitrogens is 2. The summed E-state index contributed by atoms with van der Waals surface area (Å²) in [5.74, 6) is 1.01. The van der Waals surface area contributed by atoms with Gasteiger partial charge in [0.2, 0.25) is 17.6 Å². The lowest BCUT2D eigenvalue weighted by molar-refractivity contribution is -0.136. The minimum absolute atomic E-state index is 0.0653. The van der Waals surface area contributed by atoms with Crippen LogP contribution in [0.5, 0.6) is 0 Å². The van der Waals surface area contributed by atoms with Crippen molar-refractivity contribution in [1.82, 2.24) is 15.0 Å². The number of carbonyl (C=O) groups excluding carboxylic acids is 1. The fourth-order valence-corrected chi connectivity index (χ4v) is 4.12. The summed E-state index contributed by atoms with van der Waals surface area (Å²) in [5.41, 5.74) is 4.48. The number of piperidine rings is 1. The predicted molar refractivity (Wildman–Crippen MR) is 126 cm³/mol. The van der Waals surface area contributed by atoms with Gasteiger partial charge in [0.15, 0.2) is 0 Å². The van der Waals surface area contributed by atoms with Crippen LogP contribution in [0.3, 0.4) is 0 Å². The third kappa shape index (κ3) is 5.07. The van der Waals surface area contributed by atoms with Crippen molar-refractivity contribution in [2.24, 2.45) is 5.92 Å². The normalized spacial score (nSPS) is 16.1. The average molecular weight is 431 g/mol. The van der Waals surface area contributed by atoms with Gasteiger partial charge in [-0.2, -0.15) is 4.98 Å². The zero-order valence-corrected chi connectivity index (χ0v) is 18.8. The lowest BCUT2D eigenvalue weighted by Crippen LogP contribution is -2.44. The van der Waals surface area contributed by atoms with E-state index in [0.717, 1.165) is 24.9 Å². The first-order chi connectivity index (χ1) is 15.5. The summed E-state index contributed by atoms with van der Waals surface area (Å²) < 4.78 is 5.47. The number of carbonyl (C=O) groups is 1. The fraction of sp³-hybridized carbons (Fsp3) is 0.346. The molecule has 2 heterocycles. The number of aryl methyl sites for hydroxylation is 2. The molecule has 166 valence electrons. The summed E-state index contributed by atoms with van der Waals surface area (Å²) in [5, 5.41) is 4.10. The molecule has 0 aliphatic carbocycles. The monoisotopic (exact) mass is 430 g/mol. The van der Waals surface area contributed by atoms with Gasteiger partial charge in [0.25, 0.3) is 0 Å². The molecule has 0 spiro atoms. The first-order valence-corrected chi connectivity index (χ1v) is 11.1. The second-order valence-electron chi connectivity index (χ2n) is 8.51. The number of nitrogens with zero attached hydrogens (tertiary/aromatic N) is 4. The minimum Gasteiger partial charge on any atom is -0.371 e. The molecule has 1 aliphatic rings. The maximum absolute atomic E-state index is 13.4. The molecule has 0 saturated carbocycles. The average Bonchev–Trinajstić information content (AvgIpc) is 3.28. The summed E-state index contributed by atoms with van der Waals surface area (Å²) >= 11 is 0. The molecule has 1 aliphatic heterocycles. The number of anilines is 1. The first kappa shape index (κ1) is 21.8. The summed E-state index contributed by atoms with van der Waals surface area (Å²) in [6.07, 6.45) is 3.62. The first-order valence-electron chi connectivity index (χ1n) is 11.1. The largest absolute Gasteiger partial charge is 0.371 e. The van der Waals surface area contributed by atoms with Gasteiger partial charge in [0.1, 0.15) is 6.54 Å². The van der Waals surface area contributed by atoms with Crippen molar-refractivity contribution in [1.29, 1.82) is 0 Å². The quantitative estimate of drug-likeness (QED) is 0.505. The molecular formula is C26H30N4O2. The van der Waals surface area contributed by atoms with Crippen LogP contribution in [0.2, 0.25) is 0 Å². The van der Waals surface area contributed by atoms with Crippen LogP contribution in [0.4, 0.5) is 5.69 Å². The molecule has 0 bridgehead atoms. The van der Waals surface area contributed by atoms with Crippen molar-refractivity contribution in [3.05, 3.63) is 78.2 Å². The molecule has 6 heteroatoms. The van der Waals surface area contributed by atoms with E-state index in [9.17, 15) is 4.79 Å². The molecular weight excluding hydrogens is 400 g/mol. The van der Waals surface area contributed by atoms with Crippen LogP contribution in [0.25, 0.3) is 11.4 Å². The molecule has 0 unspecified atom stereocenters. The molecule has 3 aromatic rings. The molecule has 1 fully saturated rings. The SMILES string of the molecule is C=CCN(Cc1nc(-c2ccc(C)cc2)no1)C(=O)[C@@H]1CCCN(c2ccc(C)cc2)C1. The highest BCUT2D eigenvalue weighted by Gasteiger charge is 2.30. The summed E-state index contributed by atoms with van der Waals surface area (Å²) in [7, 11) is 0. The van der Waals surface area contributed by atoms with Crippen molar-refractivity contribution in [3.63, 3.8) is 0 Å². The zero-order chi connectivity index (χ0) is 22.5. The zero-order valence-electron chi connectivity index (χ0n) is 18.8. The van der Waals surface area contributed by atoms with Gasteiger partial charge >= 0.3 is 0 Å². The molecule has 6 nitrogen and oxygen atoms in total. The van der Waals surface area contributed by atoms with E-state index in [0.29, 0.717) is 24.8 Å². The van der Waals surface area contributed by atoms with Crippen molar-refractivity contribution >= 4 is 11.6 Å². The van der Waals surface area contributed by atoms with Crippen LogP contribution in [0, 0.1) is 19.8 Å². The Morgan fingerprint density at radius 1 is 1.16 bits per heavy atom. The Labute approximate surface area is 189 Å². The Morgan fingerprint density at radius 3 is 2.53 bits per heavy atom. The van der Waals surface area contributed by atoms with Gasteiger partial charge in [0.05, 0.1) is 5.92 Å². The lowest BCUT2D eigenvalue weighted by atomic mass is 9.95. The molecule has 0 N–H and O–H groups in total. The topological polar surface area (TPSA) is 62.5 Å². The van der Waals surface area contributed by atoms with E-state index in [-0.39, 0.29) is 18.4 Å². The van der Waals surface area contributed by atoms with Gasteiger partial charge in [0, 0.05) is 30.9 Å². The van der Waals surface area contributed by atoms with E-state index in [2.05, 4.69) is 52.8 Å². The van der Waals surface area contributed by atoms with E-state index >= 15 is 0 Å². The van der Waals surface area contributed by atoms with Gasteiger partial charge in [-0.05, 0) is 38.8 Å². The Bertz CT molecular complexity index is 1060. The highest BCUT2D eigenvalue weighted by atomic mass is 16.5. The van der Waals surface area contributed by atoms with Crippen LogP contribution in [-0.4, -0.2) is 40.6 Å². The van der Waals surface area contributed by atoms with Gasteiger partial charge in [-0.15, -0.1) is 6.58 Å². The molecule has 1 saturated heterocycles. The molecule has 32 heavy (non-hydrogen) atoms. The van der Waals surface area contributed by atoms with Crippen molar-refractivity contribution in [2.75, 3.05) is 24.5 Å². The van der Waals surface area contributed by atoms with Crippen LogP contribution in [0.15, 0.2) is 65.7 Å². The summed E-state index contributed by atoms with van der Waals surface area (Å²) in [6, 6.07) is 16.5. The molecule has 2 aromatic carbocycles. The van der Waals surface area contributed by atoms with E-state index in [1.54, 1.807) is 11.0 Å². The van der Waals surface area contributed by atoms with Crippen LogP contribution in [-0.2, 0) is 11.3 Å². The predicted octanol–water partition coefficient (Wildman–Crippen LogP) is 4.78. The number of hydrogen-bond donors (Lipinski definition) is 0. The second kappa shape index (κ2) is 9.81. The fourth-order valence-electron chi connectivity index (χ4n) is 4.12. The third-order valence-electron chi connectivity index (χ3n) is 5.93. The maximum atomic E-state index is 13.4. The number of rotatable bonds is 7. The Morgan fingerprint density at radius 2 is 1.84 bits per heavy atom. The van der Waals surface area contributed by atoms with E-state index in [4.69, 9.17) is 4.52 Å². The van der Waals surface area contributed by atoms with E-state index in [1.165, 1.54) is 16.8 Å². The van der Waals surface area contributed by atoms with E-state index in [1.807, 2.05) is 31.2 Å². The summed E-state index contributed by atoms with van der Waals surface area (Å²) in [4.78, 5) is 22.0. The molecule has 1 atom stereocenters. The van der Waals surface area contributed by atoms with Gasteiger partial charge < -0.3 is 14.3 Å². The van der Waals surface area contributed by atoms with Crippen LogP contribution >= 0.6 is 0 Å². The Kier molecular flexibility index (Phi) is 6.69. The van der Waals surface area contributed by atoms with Crippen molar-refractivity contribution in [3.8, 4) is 11.4 Å². The van der Waals surface area contributed by atoms with Crippen molar-refractivity contribution in [2.45, 2.75) is 33.2 Å². The van der Waals surface area contributed by atoms with Crippen molar-refractivity contribution < 1.29 is 9.32 Å². The Hall–Kier alpha value is -3.41. The second-order valence-corrected chi connectivity index (χ2v) is 8.51. The molecule has 1 aromatic heterocycles. The summed E-state index contributed by atoms with van der Waals surface area (Å²) in [6.45, 7) is 10.4. The standard InChI is InChI=1S/C26H30N4O2/c1-4-15-30(18-24-27-25(28-32-24)21-11-7-19(2)8-12-21)26(31)22-6-5-16-29(17-22)23-13-9-20(3)10-14-23/h4,7-14,22H,1,5-6,15-18H2,2-3H3/t22-/m1/s1. The molecule has 0 radical (unpaired) electrons. The minimum atomic E-state index is -0.0653. The molecule has 1 amide bonds. The molecule has 4 rings (SSSR count). The van der Waals surface area contributed by atoms with Crippen LogP contribution in [0.1, 0.15) is 29.9 Å². The van der Waals surface area contributed by atoms with Gasteiger partial charge in [-0.3, -0.25) is 4.79 Å². The lowest BCUT2D eigenvalue weighted by Gasteiger charge is -2.35. The van der Waals surface area contributed by atoms with E-state index < -0.39 is 0 Å². The number of benzene rings is 2. The third-order valence-corrected chi connectivity index (χ3v) is 5.93. The van der Waals surface area contributed by atoms with Gasteiger partial charge in [-0.25, -0.2) is 0 Å². The van der Waals surface area contributed by atoms with Crippen LogP contribution < -0.4 is 4.90 Å². The van der Waals surface area contributed by atoms with Gasteiger partial charge in [-0.1, -0.05) is 58.8 Å².